The van der Waals surface area contributed by atoms with Crippen molar-refractivity contribution in [1.29, 1.82) is 0 Å². The number of rotatable bonds is 5. The van der Waals surface area contributed by atoms with Gasteiger partial charge >= 0.3 is 0 Å². The van der Waals surface area contributed by atoms with E-state index in [2.05, 4.69) is 0 Å². The van der Waals surface area contributed by atoms with Gasteiger partial charge in [-0.25, -0.2) is 4.39 Å². The van der Waals surface area contributed by atoms with Crippen molar-refractivity contribution in [2.45, 2.75) is 18.6 Å². The molecule has 0 fully saturated rings. The van der Waals surface area contributed by atoms with E-state index in [0.717, 1.165) is 4.88 Å². The standard InChI is InChI=1S/C21H16FNO3S/c22-15-9-7-14(8-10-15)19(24)12-21(26)17-5-1-2-6-18(17)23(20(21)25)13-16-4-3-11-27-16/h1-11,26H,12-13H2/t21-/m0/s1. The summed E-state index contributed by atoms with van der Waals surface area (Å²) >= 11 is 1.52. The van der Waals surface area contributed by atoms with Gasteiger partial charge in [-0.15, -0.1) is 11.3 Å². The molecule has 136 valence electrons. The Morgan fingerprint density at radius 3 is 2.52 bits per heavy atom. The third-order valence-corrected chi connectivity index (χ3v) is 5.58. The molecule has 0 spiro atoms. The van der Waals surface area contributed by atoms with E-state index in [4.69, 9.17) is 0 Å². The number of para-hydroxylation sites is 1. The zero-order chi connectivity index (χ0) is 19.0. The molecule has 1 atom stereocenters. The van der Waals surface area contributed by atoms with E-state index in [1.807, 2.05) is 17.5 Å². The predicted octanol–water partition coefficient (Wildman–Crippen LogP) is 3.89. The maximum absolute atomic E-state index is 13.1. The molecule has 0 bridgehead atoms. The monoisotopic (exact) mass is 381 g/mol. The highest BCUT2D eigenvalue weighted by Crippen LogP contribution is 2.43. The van der Waals surface area contributed by atoms with Crippen LogP contribution >= 0.6 is 11.3 Å². The van der Waals surface area contributed by atoms with Gasteiger partial charge in [0, 0.05) is 16.0 Å². The van der Waals surface area contributed by atoms with Crippen LogP contribution in [0.2, 0.25) is 0 Å². The van der Waals surface area contributed by atoms with E-state index in [1.165, 1.54) is 40.5 Å². The Kier molecular flexibility index (Phi) is 4.37. The van der Waals surface area contributed by atoms with Gasteiger partial charge in [-0.2, -0.15) is 0 Å². The molecule has 2 heterocycles. The lowest BCUT2D eigenvalue weighted by molar-refractivity contribution is -0.136. The molecule has 1 aromatic heterocycles. The molecule has 4 nitrogen and oxygen atoms in total. The molecule has 4 rings (SSSR count). The third kappa shape index (κ3) is 3.07. The van der Waals surface area contributed by atoms with Gasteiger partial charge in [0.1, 0.15) is 5.82 Å². The minimum atomic E-state index is -1.93. The molecule has 6 heteroatoms. The van der Waals surface area contributed by atoms with Crippen molar-refractivity contribution in [3.63, 3.8) is 0 Å². The van der Waals surface area contributed by atoms with Gasteiger partial charge in [-0.3, -0.25) is 9.59 Å². The fourth-order valence-electron chi connectivity index (χ4n) is 3.36. The molecule has 1 aliphatic rings. The first kappa shape index (κ1) is 17.6. The molecule has 1 N–H and O–H groups in total. The van der Waals surface area contributed by atoms with Crippen molar-refractivity contribution in [1.82, 2.24) is 0 Å². The van der Waals surface area contributed by atoms with E-state index in [9.17, 15) is 19.1 Å². The quantitative estimate of drug-likeness (QED) is 0.682. The SMILES string of the molecule is O=C(C[C@@]1(O)C(=O)N(Cc2cccs2)c2ccccc21)c1ccc(F)cc1. The summed E-state index contributed by atoms with van der Waals surface area (Å²) in [6, 6.07) is 15.9. The molecule has 0 aliphatic carbocycles. The molecule has 0 saturated carbocycles. The van der Waals surface area contributed by atoms with E-state index in [1.54, 1.807) is 24.3 Å². The van der Waals surface area contributed by atoms with E-state index >= 15 is 0 Å². The number of benzene rings is 2. The van der Waals surface area contributed by atoms with Gasteiger partial charge in [0.25, 0.3) is 5.91 Å². The number of hydrogen-bond donors (Lipinski definition) is 1. The molecule has 0 saturated heterocycles. The normalized spacial score (nSPS) is 18.6. The van der Waals surface area contributed by atoms with Crippen molar-refractivity contribution in [3.8, 4) is 0 Å². The van der Waals surface area contributed by atoms with Crippen LogP contribution in [0.5, 0.6) is 0 Å². The first-order chi connectivity index (χ1) is 13.0. The van der Waals surface area contributed by atoms with Crippen molar-refractivity contribution in [2.75, 3.05) is 4.90 Å². The number of Topliss-reactive ketones (excluding diaryl/α,β-unsaturated/α-hetero) is 1. The Labute approximate surface area is 159 Å². The van der Waals surface area contributed by atoms with Gasteiger partial charge in [0.05, 0.1) is 18.7 Å². The number of amides is 1. The summed E-state index contributed by atoms with van der Waals surface area (Å²) in [4.78, 5) is 28.2. The highest BCUT2D eigenvalue weighted by atomic mass is 32.1. The maximum atomic E-state index is 13.1. The van der Waals surface area contributed by atoms with Gasteiger partial charge in [-0.1, -0.05) is 24.3 Å². The molecular weight excluding hydrogens is 365 g/mol. The number of fused-ring (bicyclic) bond motifs is 1. The fourth-order valence-corrected chi connectivity index (χ4v) is 4.06. The van der Waals surface area contributed by atoms with E-state index < -0.39 is 29.5 Å². The van der Waals surface area contributed by atoms with Gasteiger partial charge in [-0.05, 0) is 41.8 Å². The van der Waals surface area contributed by atoms with Gasteiger partial charge in [0.2, 0.25) is 0 Å². The lowest BCUT2D eigenvalue weighted by atomic mass is 9.88. The van der Waals surface area contributed by atoms with Crippen LogP contribution in [0, 0.1) is 5.82 Å². The lowest BCUT2D eigenvalue weighted by Gasteiger charge is -2.22. The summed E-state index contributed by atoms with van der Waals surface area (Å²) in [5.74, 6) is -1.39. The number of anilines is 1. The third-order valence-electron chi connectivity index (χ3n) is 4.72. The first-order valence-corrected chi connectivity index (χ1v) is 9.32. The number of thiophene rings is 1. The largest absolute Gasteiger partial charge is 0.375 e. The topological polar surface area (TPSA) is 57.6 Å². The highest BCUT2D eigenvalue weighted by molar-refractivity contribution is 7.09. The first-order valence-electron chi connectivity index (χ1n) is 8.44. The van der Waals surface area contributed by atoms with Crippen LogP contribution in [0.3, 0.4) is 0 Å². The van der Waals surface area contributed by atoms with Crippen LogP contribution in [0.25, 0.3) is 0 Å². The lowest BCUT2D eigenvalue weighted by Crippen LogP contribution is -2.41. The Morgan fingerprint density at radius 1 is 1.07 bits per heavy atom. The zero-order valence-corrected chi connectivity index (χ0v) is 15.1. The smallest absolute Gasteiger partial charge is 0.264 e. The van der Waals surface area contributed by atoms with Crippen molar-refractivity contribution >= 4 is 28.7 Å². The fraction of sp³-hybridized carbons (Fsp3) is 0.143. The van der Waals surface area contributed by atoms with E-state index in [-0.39, 0.29) is 5.56 Å². The van der Waals surface area contributed by atoms with Crippen molar-refractivity contribution in [3.05, 3.63) is 87.9 Å². The second-order valence-corrected chi connectivity index (χ2v) is 7.49. The highest BCUT2D eigenvalue weighted by Gasteiger charge is 2.50. The Hall–Kier alpha value is -2.83. The maximum Gasteiger partial charge on any atom is 0.264 e. The van der Waals surface area contributed by atoms with Crippen LogP contribution < -0.4 is 4.90 Å². The second kappa shape index (κ2) is 6.72. The van der Waals surface area contributed by atoms with Crippen LogP contribution in [-0.4, -0.2) is 16.8 Å². The van der Waals surface area contributed by atoms with Crippen LogP contribution in [0.1, 0.15) is 27.2 Å². The van der Waals surface area contributed by atoms with Gasteiger partial charge in [0.15, 0.2) is 11.4 Å². The summed E-state index contributed by atoms with van der Waals surface area (Å²) in [5, 5.41) is 13.1. The van der Waals surface area contributed by atoms with Crippen LogP contribution in [0.4, 0.5) is 10.1 Å². The minimum absolute atomic E-state index is 0.256. The second-order valence-electron chi connectivity index (χ2n) is 6.45. The Morgan fingerprint density at radius 2 is 1.81 bits per heavy atom. The number of ketones is 1. The van der Waals surface area contributed by atoms with Gasteiger partial charge < -0.3 is 10.0 Å². The van der Waals surface area contributed by atoms with Crippen LogP contribution in [-0.2, 0) is 16.9 Å². The summed E-state index contributed by atoms with van der Waals surface area (Å²) in [7, 11) is 0. The average molecular weight is 381 g/mol. The molecule has 27 heavy (non-hydrogen) atoms. The predicted molar refractivity (Wildman–Crippen MR) is 101 cm³/mol. The number of nitrogens with zero attached hydrogens (tertiary/aromatic N) is 1. The number of halogens is 1. The summed E-state index contributed by atoms with van der Waals surface area (Å²) in [6.07, 6.45) is -0.393. The molecule has 3 aromatic rings. The Balaban J connectivity index is 1.68. The summed E-state index contributed by atoms with van der Waals surface area (Å²) < 4.78 is 13.1. The molecule has 0 radical (unpaired) electrons. The van der Waals surface area contributed by atoms with Crippen molar-refractivity contribution in [2.24, 2.45) is 0 Å². The summed E-state index contributed by atoms with van der Waals surface area (Å²) in [5.41, 5.74) is -0.654. The number of hydrogen-bond acceptors (Lipinski definition) is 4. The summed E-state index contributed by atoms with van der Waals surface area (Å²) in [6.45, 7) is 0.334. The molecule has 0 unspecified atom stereocenters. The molecule has 2 aromatic carbocycles. The number of aliphatic hydroxyl groups is 1. The van der Waals surface area contributed by atoms with E-state index in [0.29, 0.717) is 17.8 Å². The zero-order valence-electron chi connectivity index (χ0n) is 14.3. The molecule has 1 amide bonds. The molecular formula is C21H16FNO3S. The number of carbonyl (C=O) groups is 2. The average Bonchev–Trinajstić information content (AvgIpc) is 3.25. The number of carbonyl (C=O) groups excluding carboxylic acids is 2. The molecule has 1 aliphatic heterocycles. The van der Waals surface area contributed by atoms with Crippen LogP contribution in [0.15, 0.2) is 66.0 Å². The minimum Gasteiger partial charge on any atom is -0.375 e. The Bertz CT molecular complexity index is 1000. The van der Waals surface area contributed by atoms with Crippen molar-refractivity contribution < 1.29 is 19.1 Å².